The molecule has 0 saturated heterocycles. The van der Waals surface area contributed by atoms with Crippen molar-refractivity contribution in [2.75, 3.05) is 0 Å². The van der Waals surface area contributed by atoms with Crippen LogP contribution in [0.15, 0.2) is 24.4 Å². The van der Waals surface area contributed by atoms with Crippen LogP contribution < -0.4 is 0 Å². The molecule has 0 bridgehead atoms. The van der Waals surface area contributed by atoms with E-state index in [1.807, 2.05) is 12.1 Å². The van der Waals surface area contributed by atoms with Crippen LogP contribution in [-0.4, -0.2) is 4.98 Å². The van der Waals surface area contributed by atoms with Crippen molar-refractivity contribution < 1.29 is 0 Å². The number of rotatable bonds is 2. The van der Waals surface area contributed by atoms with Gasteiger partial charge in [-0.05, 0) is 11.6 Å². The van der Waals surface area contributed by atoms with Gasteiger partial charge in [-0.1, -0.05) is 18.2 Å². The SMILES string of the molecule is N#CCC=Cc1ccc(C#N)nc1. The molecule has 0 aliphatic carbocycles. The maximum absolute atomic E-state index is 8.47. The van der Waals surface area contributed by atoms with Crippen LogP contribution in [0.1, 0.15) is 17.7 Å². The molecule has 0 fully saturated rings. The molecule has 1 rings (SSSR count). The molecule has 3 heteroatoms. The second-order valence-electron chi connectivity index (χ2n) is 2.35. The normalized spacial score (nSPS) is 9.38. The number of nitrogens with zero attached hydrogens (tertiary/aromatic N) is 3. The zero-order valence-corrected chi connectivity index (χ0v) is 6.94. The number of hydrogen-bond acceptors (Lipinski definition) is 3. The Morgan fingerprint density at radius 1 is 1.38 bits per heavy atom. The van der Waals surface area contributed by atoms with Crippen LogP contribution >= 0.6 is 0 Å². The minimum atomic E-state index is 0.389. The highest BCUT2D eigenvalue weighted by Crippen LogP contribution is 2.02. The lowest BCUT2D eigenvalue weighted by Crippen LogP contribution is -1.81. The first-order chi connectivity index (χ1) is 6.36. The Morgan fingerprint density at radius 2 is 2.23 bits per heavy atom. The fraction of sp³-hybridized carbons (Fsp3) is 0.100. The molecule has 0 aromatic carbocycles. The summed E-state index contributed by atoms with van der Waals surface area (Å²) in [6, 6.07) is 7.37. The van der Waals surface area contributed by atoms with E-state index >= 15 is 0 Å². The van der Waals surface area contributed by atoms with Gasteiger partial charge in [0.1, 0.15) is 11.8 Å². The van der Waals surface area contributed by atoms with E-state index in [0.717, 1.165) is 5.56 Å². The molecule has 0 saturated carbocycles. The molecule has 0 spiro atoms. The maximum atomic E-state index is 8.47. The highest BCUT2D eigenvalue weighted by molar-refractivity contribution is 5.48. The molecule has 0 aliphatic rings. The van der Waals surface area contributed by atoms with Crippen molar-refractivity contribution in [2.24, 2.45) is 0 Å². The molecule has 0 unspecified atom stereocenters. The number of allylic oxidation sites excluding steroid dienone is 1. The van der Waals surface area contributed by atoms with Gasteiger partial charge in [0, 0.05) is 6.20 Å². The summed E-state index contributed by atoms with van der Waals surface area (Å²) in [6.07, 6.45) is 5.55. The zero-order valence-electron chi connectivity index (χ0n) is 6.94. The molecular weight excluding hydrogens is 162 g/mol. The Hall–Kier alpha value is -2.13. The third kappa shape index (κ3) is 2.76. The molecular formula is C10H7N3. The lowest BCUT2D eigenvalue weighted by Gasteiger charge is -1.90. The quantitative estimate of drug-likeness (QED) is 0.679. The second kappa shape index (κ2) is 4.69. The van der Waals surface area contributed by atoms with E-state index in [1.165, 1.54) is 0 Å². The first-order valence-corrected chi connectivity index (χ1v) is 3.76. The van der Waals surface area contributed by atoms with Gasteiger partial charge in [0.05, 0.1) is 12.5 Å². The molecule has 3 nitrogen and oxygen atoms in total. The summed E-state index contributed by atoms with van der Waals surface area (Å²) >= 11 is 0. The van der Waals surface area contributed by atoms with Crippen molar-refractivity contribution in [2.45, 2.75) is 6.42 Å². The van der Waals surface area contributed by atoms with E-state index < -0.39 is 0 Å². The van der Waals surface area contributed by atoms with Gasteiger partial charge in [-0.2, -0.15) is 10.5 Å². The highest BCUT2D eigenvalue weighted by Gasteiger charge is 1.89. The molecule has 1 heterocycles. The largest absolute Gasteiger partial charge is 0.245 e. The lowest BCUT2D eigenvalue weighted by atomic mass is 10.2. The molecule has 62 valence electrons. The van der Waals surface area contributed by atoms with Gasteiger partial charge in [-0.25, -0.2) is 4.98 Å². The third-order valence-corrected chi connectivity index (χ3v) is 1.42. The fourth-order valence-corrected chi connectivity index (χ4v) is 0.818. The van der Waals surface area contributed by atoms with Gasteiger partial charge in [0.25, 0.3) is 0 Å². The maximum Gasteiger partial charge on any atom is 0.140 e. The smallest absolute Gasteiger partial charge is 0.140 e. The van der Waals surface area contributed by atoms with Crippen LogP contribution in [0.4, 0.5) is 0 Å². The van der Waals surface area contributed by atoms with Crippen LogP contribution in [-0.2, 0) is 0 Å². The molecule has 0 aliphatic heterocycles. The van der Waals surface area contributed by atoms with Crippen LogP contribution in [0.5, 0.6) is 0 Å². The fourth-order valence-electron chi connectivity index (χ4n) is 0.818. The Bertz CT molecular complexity index is 376. The average Bonchev–Trinajstić information content (AvgIpc) is 2.19. The van der Waals surface area contributed by atoms with Crippen molar-refractivity contribution in [3.63, 3.8) is 0 Å². The standard InChI is InChI=1S/C10H7N3/c11-6-2-1-3-9-4-5-10(7-12)13-8-9/h1,3-5,8H,2H2. The van der Waals surface area contributed by atoms with E-state index in [2.05, 4.69) is 4.98 Å². The summed E-state index contributed by atoms with van der Waals surface area (Å²) in [6.45, 7) is 0. The topological polar surface area (TPSA) is 60.5 Å². The van der Waals surface area contributed by atoms with E-state index in [9.17, 15) is 0 Å². The summed E-state index contributed by atoms with van der Waals surface area (Å²) in [7, 11) is 0. The van der Waals surface area contributed by atoms with E-state index in [4.69, 9.17) is 10.5 Å². The van der Waals surface area contributed by atoms with Crippen molar-refractivity contribution in [3.8, 4) is 12.1 Å². The molecule has 0 amide bonds. The summed E-state index contributed by atoms with van der Waals surface area (Å²) < 4.78 is 0. The number of aromatic nitrogens is 1. The van der Waals surface area contributed by atoms with Crippen LogP contribution in [0.2, 0.25) is 0 Å². The predicted molar refractivity (Wildman–Crippen MR) is 48.2 cm³/mol. The monoisotopic (exact) mass is 169 g/mol. The van der Waals surface area contributed by atoms with E-state index in [0.29, 0.717) is 12.1 Å². The summed E-state index contributed by atoms with van der Waals surface area (Å²) in [5.41, 5.74) is 1.30. The van der Waals surface area contributed by atoms with Crippen LogP contribution in [0.25, 0.3) is 6.08 Å². The second-order valence-corrected chi connectivity index (χ2v) is 2.35. The van der Waals surface area contributed by atoms with Gasteiger partial charge < -0.3 is 0 Å². The van der Waals surface area contributed by atoms with Gasteiger partial charge in [0.15, 0.2) is 0 Å². The molecule has 0 radical (unpaired) electrons. The number of pyridine rings is 1. The van der Waals surface area contributed by atoms with E-state index in [1.54, 1.807) is 30.5 Å². The minimum Gasteiger partial charge on any atom is -0.245 e. The van der Waals surface area contributed by atoms with Crippen molar-refractivity contribution in [3.05, 3.63) is 35.7 Å². The third-order valence-electron chi connectivity index (χ3n) is 1.42. The molecule has 13 heavy (non-hydrogen) atoms. The average molecular weight is 169 g/mol. The number of hydrogen-bond donors (Lipinski definition) is 0. The zero-order chi connectivity index (χ0) is 9.52. The lowest BCUT2D eigenvalue weighted by molar-refractivity contribution is 1.25. The summed E-state index contributed by atoms with van der Waals surface area (Å²) in [5, 5.41) is 16.7. The number of nitriles is 2. The van der Waals surface area contributed by atoms with E-state index in [-0.39, 0.29) is 0 Å². The Morgan fingerprint density at radius 3 is 2.77 bits per heavy atom. The molecule has 0 atom stereocenters. The summed E-state index contributed by atoms with van der Waals surface area (Å²) in [4.78, 5) is 3.88. The first-order valence-electron chi connectivity index (χ1n) is 3.76. The minimum absolute atomic E-state index is 0.389. The Balaban J connectivity index is 2.72. The molecule has 1 aromatic rings. The van der Waals surface area contributed by atoms with Crippen molar-refractivity contribution in [1.82, 2.24) is 4.98 Å². The highest BCUT2D eigenvalue weighted by atomic mass is 14.7. The summed E-state index contributed by atoms with van der Waals surface area (Å²) in [5.74, 6) is 0. The van der Waals surface area contributed by atoms with Gasteiger partial charge in [-0.3, -0.25) is 0 Å². The van der Waals surface area contributed by atoms with Crippen molar-refractivity contribution >= 4 is 6.08 Å². The predicted octanol–water partition coefficient (Wildman–Crippen LogP) is 1.88. The molecule has 0 N–H and O–H groups in total. The van der Waals surface area contributed by atoms with Gasteiger partial charge >= 0.3 is 0 Å². The van der Waals surface area contributed by atoms with Crippen LogP contribution in [0.3, 0.4) is 0 Å². The van der Waals surface area contributed by atoms with Crippen LogP contribution in [0, 0.1) is 22.7 Å². The Kier molecular flexibility index (Phi) is 3.23. The first kappa shape index (κ1) is 8.96. The van der Waals surface area contributed by atoms with Crippen molar-refractivity contribution in [1.29, 1.82) is 10.5 Å². The van der Waals surface area contributed by atoms with Gasteiger partial charge in [0.2, 0.25) is 0 Å². The van der Waals surface area contributed by atoms with Gasteiger partial charge in [-0.15, -0.1) is 0 Å². The molecule has 1 aromatic heterocycles. The Labute approximate surface area is 76.6 Å².